The van der Waals surface area contributed by atoms with Gasteiger partial charge in [-0.15, -0.1) is 5.73 Å². The van der Waals surface area contributed by atoms with Gasteiger partial charge in [0.15, 0.2) is 0 Å². The van der Waals surface area contributed by atoms with Crippen LogP contribution < -0.4 is 0 Å². The van der Waals surface area contributed by atoms with E-state index >= 15 is 0 Å². The lowest BCUT2D eigenvalue weighted by atomic mass is 9.67. The first-order valence-corrected chi connectivity index (χ1v) is 8.98. The zero-order chi connectivity index (χ0) is 15.3. The van der Waals surface area contributed by atoms with Crippen LogP contribution in [-0.4, -0.2) is 0 Å². The third-order valence-corrected chi connectivity index (χ3v) is 5.74. The van der Waals surface area contributed by atoms with Crippen LogP contribution in [0.25, 0.3) is 0 Å². The summed E-state index contributed by atoms with van der Waals surface area (Å²) < 4.78 is 0. The summed E-state index contributed by atoms with van der Waals surface area (Å²) in [5.41, 5.74) is 4.90. The Morgan fingerprint density at radius 3 is 2.59 bits per heavy atom. The number of nitriles is 1. The fourth-order valence-electron chi connectivity index (χ4n) is 4.38. The van der Waals surface area contributed by atoms with Crippen LogP contribution in [-0.2, 0) is 0 Å². The van der Waals surface area contributed by atoms with Crippen molar-refractivity contribution in [2.45, 2.75) is 64.2 Å². The fraction of sp³-hybridized carbons (Fsp3) is 0.619. The summed E-state index contributed by atoms with van der Waals surface area (Å²) in [6, 6.07) is 2.69. The third-order valence-electron chi connectivity index (χ3n) is 5.74. The number of fused-ring (bicyclic) bond motifs is 1. The van der Waals surface area contributed by atoms with Crippen molar-refractivity contribution in [2.75, 3.05) is 0 Å². The summed E-state index contributed by atoms with van der Waals surface area (Å²) in [5.74, 6) is 1.30. The number of allylic oxidation sites excluding steroid dienone is 5. The summed E-state index contributed by atoms with van der Waals surface area (Å²) in [4.78, 5) is 0. The smallest absolute Gasteiger partial charge is 0.0693 e. The van der Waals surface area contributed by atoms with Crippen LogP contribution in [0.1, 0.15) is 64.2 Å². The van der Waals surface area contributed by atoms with Crippen LogP contribution in [0.5, 0.6) is 0 Å². The van der Waals surface area contributed by atoms with Crippen molar-refractivity contribution in [1.82, 2.24) is 0 Å². The highest BCUT2D eigenvalue weighted by Crippen LogP contribution is 2.45. The molecule has 0 heterocycles. The minimum Gasteiger partial charge on any atom is -0.198 e. The number of hydrogen-bond acceptors (Lipinski definition) is 1. The molecular formula is C21H27N. The minimum absolute atomic E-state index is 0.103. The predicted octanol–water partition coefficient (Wildman–Crippen LogP) is 5.86. The van der Waals surface area contributed by atoms with Crippen LogP contribution in [0.2, 0.25) is 0 Å². The SMILES string of the molecule is N#CC1(CC2=C=CCC3CC=CCC=CCC23)CCCCC1. The standard InChI is InChI=1S/C21H27N/c22-17-21(14-7-4-8-15-21)16-19-12-9-11-18-10-5-2-1-3-6-13-20(18)19/h2-3,5-6,9,18,20H,1,4,7-8,10-11,13-16H2. The Morgan fingerprint density at radius 2 is 1.82 bits per heavy atom. The molecule has 0 radical (unpaired) electrons. The van der Waals surface area contributed by atoms with Crippen LogP contribution in [0.4, 0.5) is 0 Å². The van der Waals surface area contributed by atoms with Crippen molar-refractivity contribution in [1.29, 1.82) is 5.26 Å². The Bertz CT molecular complexity index is 545. The van der Waals surface area contributed by atoms with E-state index in [1.165, 1.54) is 31.3 Å². The van der Waals surface area contributed by atoms with Crippen molar-refractivity contribution < 1.29 is 0 Å². The summed E-state index contributed by atoms with van der Waals surface area (Å²) >= 11 is 0. The molecule has 1 saturated carbocycles. The van der Waals surface area contributed by atoms with Gasteiger partial charge in [-0.3, -0.25) is 0 Å². The van der Waals surface area contributed by atoms with Gasteiger partial charge in [0.2, 0.25) is 0 Å². The van der Waals surface area contributed by atoms with Gasteiger partial charge in [-0.1, -0.05) is 43.6 Å². The summed E-state index contributed by atoms with van der Waals surface area (Å²) in [6.07, 6.45) is 22.9. The molecule has 22 heavy (non-hydrogen) atoms. The average Bonchev–Trinajstić information content (AvgIpc) is 2.68. The van der Waals surface area contributed by atoms with E-state index in [1.54, 1.807) is 0 Å². The van der Waals surface area contributed by atoms with Gasteiger partial charge in [0, 0.05) is 0 Å². The summed E-state index contributed by atoms with van der Waals surface area (Å²) in [6.45, 7) is 0. The molecule has 0 bridgehead atoms. The molecule has 0 aromatic rings. The van der Waals surface area contributed by atoms with Gasteiger partial charge in [0.1, 0.15) is 0 Å². The second-order valence-corrected chi connectivity index (χ2v) is 7.26. The van der Waals surface area contributed by atoms with Crippen molar-refractivity contribution >= 4 is 0 Å². The average molecular weight is 293 g/mol. The second kappa shape index (κ2) is 7.17. The van der Waals surface area contributed by atoms with Crippen molar-refractivity contribution in [3.05, 3.63) is 41.7 Å². The van der Waals surface area contributed by atoms with Gasteiger partial charge in [0.05, 0.1) is 11.5 Å². The molecule has 116 valence electrons. The Kier molecular flexibility index (Phi) is 5.01. The Balaban J connectivity index is 1.80. The maximum absolute atomic E-state index is 9.79. The lowest BCUT2D eigenvalue weighted by Gasteiger charge is -2.35. The molecule has 0 aliphatic heterocycles. The summed E-state index contributed by atoms with van der Waals surface area (Å²) in [7, 11) is 0. The number of nitrogens with zero attached hydrogens (tertiary/aromatic N) is 1. The highest BCUT2D eigenvalue weighted by atomic mass is 14.4. The van der Waals surface area contributed by atoms with E-state index in [9.17, 15) is 5.26 Å². The molecule has 2 unspecified atom stereocenters. The molecule has 3 aliphatic rings. The quantitative estimate of drug-likeness (QED) is 0.462. The zero-order valence-electron chi connectivity index (χ0n) is 13.6. The molecule has 0 N–H and O–H groups in total. The van der Waals surface area contributed by atoms with Gasteiger partial charge in [0.25, 0.3) is 0 Å². The molecule has 0 amide bonds. The second-order valence-electron chi connectivity index (χ2n) is 7.26. The lowest BCUT2D eigenvalue weighted by Crippen LogP contribution is -2.27. The highest BCUT2D eigenvalue weighted by Gasteiger charge is 2.36. The molecule has 1 heteroatoms. The molecule has 3 aliphatic carbocycles. The Morgan fingerprint density at radius 1 is 1.05 bits per heavy atom. The van der Waals surface area contributed by atoms with E-state index in [4.69, 9.17) is 0 Å². The molecule has 3 rings (SSSR count). The third kappa shape index (κ3) is 3.45. The molecule has 0 saturated heterocycles. The van der Waals surface area contributed by atoms with Gasteiger partial charge < -0.3 is 0 Å². The van der Waals surface area contributed by atoms with Crippen LogP contribution in [0.3, 0.4) is 0 Å². The van der Waals surface area contributed by atoms with Crippen molar-refractivity contribution in [3.63, 3.8) is 0 Å². The highest BCUT2D eigenvalue weighted by molar-refractivity contribution is 5.20. The van der Waals surface area contributed by atoms with Crippen molar-refractivity contribution in [3.8, 4) is 6.07 Å². The summed E-state index contributed by atoms with van der Waals surface area (Å²) in [5, 5.41) is 9.79. The fourth-order valence-corrected chi connectivity index (χ4v) is 4.38. The first-order chi connectivity index (χ1) is 10.8. The van der Waals surface area contributed by atoms with E-state index in [-0.39, 0.29) is 5.41 Å². The monoisotopic (exact) mass is 293 g/mol. The first-order valence-electron chi connectivity index (χ1n) is 8.98. The zero-order valence-corrected chi connectivity index (χ0v) is 13.6. The van der Waals surface area contributed by atoms with Gasteiger partial charge in [-0.05, 0) is 68.4 Å². The maximum atomic E-state index is 9.79. The van der Waals surface area contributed by atoms with E-state index in [0.717, 1.165) is 38.5 Å². The van der Waals surface area contributed by atoms with E-state index in [2.05, 4.69) is 42.2 Å². The largest absolute Gasteiger partial charge is 0.198 e. The molecule has 1 nitrogen and oxygen atoms in total. The maximum Gasteiger partial charge on any atom is 0.0693 e. The lowest BCUT2D eigenvalue weighted by molar-refractivity contribution is 0.247. The van der Waals surface area contributed by atoms with Crippen LogP contribution in [0.15, 0.2) is 41.7 Å². The van der Waals surface area contributed by atoms with Crippen LogP contribution >= 0.6 is 0 Å². The molecular weight excluding hydrogens is 266 g/mol. The molecule has 2 atom stereocenters. The number of hydrogen-bond donors (Lipinski definition) is 0. The van der Waals surface area contributed by atoms with Crippen LogP contribution in [0, 0.1) is 28.6 Å². The first kappa shape index (κ1) is 15.4. The Labute approximate surface area is 135 Å². The number of rotatable bonds is 2. The molecule has 0 aromatic carbocycles. The molecule has 0 aromatic heterocycles. The van der Waals surface area contributed by atoms with Gasteiger partial charge in [-0.25, -0.2) is 0 Å². The topological polar surface area (TPSA) is 23.8 Å². The molecule has 0 spiro atoms. The van der Waals surface area contributed by atoms with Crippen molar-refractivity contribution in [2.24, 2.45) is 17.3 Å². The van der Waals surface area contributed by atoms with Gasteiger partial charge in [-0.2, -0.15) is 5.26 Å². The normalized spacial score (nSPS) is 30.4. The van der Waals surface area contributed by atoms with Gasteiger partial charge >= 0.3 is 0 Å². The Hall–Kier alpha value is -1.51. The van der Waals surface area contributed by atoms with E-state index in [0.29, 0.717) is 11.8 Å². The minimum atomic E-state index is -0.103. The predicted molar refractivity (Wildman–Crippen MR) is 91.1 cm³/mol. The van der Waals surface area contributed by atoms with E-state index in [1.807, 2.05) is 0 Å². The molecule has 1 fully saturated rings. The van der Waals surface area contributed by atoms with E-state index < -0.39 is 0 Å².